The first-order valence-corrected chi connectivity index (χ1v) is 10.7. The molecule has 1 fully saturated rings. The predicted octanol–water partition coefficient (Wildman–Crippen LogP) is 3.77. The molecule has 146 valence electrons. The number of aliphatic imine (C=N–C) groups is 1. The van der Waals surface area contributed by atoms with Crippen LogP contribution in [0.4, 0.5) is 0 Å². The zero-order valence-electron chi connectivity index (χ0n) is 15.1. The van der Waals surface area contributed by atoms with E-state index in [1.54, 1.807) is 0 Å². The highest BCUT2D eigenvalue weighted by Gasteiger charge is 2.18. The van der Waals surface area contributed by atoms with Gasteiger partial charge in [0.15, 0.2) is 5.96 Å². The summed E-state index contributed by atoms with van der Waals surface area (Å²) in [5, 5.41) is 9.59. The van der Waals surface area contributed by atoms with E-state index in [0.29, 0.717) is 13.0 Å². The van der Waals surface area contributed by atoms with Crippen LogP contribution in [0.5, 0.6) is 0 Å². The zero-order valence-corrected chi connectivity index (χ0v) is 19.8. The molecule has 0 saturated carbocycles. The highest BCUT2D eigenvalue weighted by Crippen LogP contribution is 2.27. The third-order valence-electron chi connectivity index (χ3n) is 3.87. The molecule has 0 aliphatic carbocycles. The molecule has 1 aliphatic rings. The Balaban J connectivity index is 0.00000338. The van der Waals surface area contributed by atoms with Crippen molar-refractivity contribution in [1.82, 2.24) is 16.0 Å². The molecule has 1 heterocycles. The second-order valence-electron chi connectivity index (χ2n) is 5.93. The molecule has 5 nitrogen and oxygen atoms in total. The molecule has 1 aromatic rings. The van der Waals surface area contributed by atoms with Crippen molar-refractivity contribution in [1.29, 1.82) is 0 Å². The van der Waals surface area contributed by atoms with Crippen LogP contribution in [-0.4, -0.2) is 43.3 Å². The SMILES string of the molecule is CCNC(=NCCCCSc1ccccc1Br)NC1CCC(=O)NC1.I. The number of guanidine groups is 1. The van der Waals surface area contributed by atoms with Gasteiger partial charge in [0, 0.05) is 41.5 Å². The van der Waals surface area contributed by atoms with E-state index in [9.17, 15) is 4.79 Å². The van der Waals surface area contributed by atoms with Crippen LogP contribution in [0.1, 0.15) is 32.6 Å². The lowest BCUT2D eigenvalue weighted by Gasteiger charge is -2.25. The summed E-state index contributed by atoms with van der Waals surface area (Å²) in [5.41, 5.74) is 0. The molecule has 1 amide bonds. The van der Waals surface area contributed by atoms with E-state index in [0.717, 1.165) is 48.5 Å². The largest absolute Gasteiger partial charge is 0.357 e. The highest BCUT2D eigenvalue weighted by molar-refractivity contribution is 14.0. The summed E-state index contributed by atoms with van der Waals surface area (Å²) in [4.78, 5) is 17.2. The minimum atomic E-state index is 0. The minimum Gasteiger partial charge on any atom is -0.357 e. The lowest BCUT2D eigenvalue weighted by atomic mass is 10.1. The fourth-order valence-electron chi connectivity index (χ4n) is 2.52. The fourth-order valence-corrected chi connectivity index (χ4v) is 4.10. The summed E-state index contributed by atoms with van der Waals surface area (Å²) in [5.74, 6) is 2.08. The Labute approximate surface area is 186 Å². The van der Waals surface area contributed by atoms with Crippen LogP contribution >= 0.6 is 51.7 Å². The molecule has 1 unspecified atom stereocenters. The lowest BCUT2D eigenvalue weighted by molar-refractivity contribution is -0.122. The van der Waals surface area contributed by atoms with Gasteiger partial charge in [-0.3, -0.25) is 9.79 Å². The second kappa shape index (κ2) is 13.7. The smallest absolute Gasteiger partial charge is 0.220 e. The molecule has 1 aromatic carbocycles. The Morgan fingerprint density at radius 3 is 2.88 bits per heavy atom. The highest BCUT2D eigenvalue weighted by atomic mass is 127. The van der Waals surface area contributed by atoms with Crippen molar-refractivity contribution in [2.45, 2.75) is 43.5 Å². The first-order valence-electron chi connectivity index (χ1n) is 8.88. The van der Waals surface area contributed by atoms with Crippen LogP contribution in [0, 0.1) is 0 Å². The fraction of sp³-hybridized carbons (Fsp3) is 0.556. The maximum Gasteiger partial charge on any atom is 0.220 e. The Hall–Kier alpha value is -0.480. The first-order chi connectivity index (χ1) is 12.2. The Morgan fingerprint density at radius 2 is 2.19 bits per heavy atom. The molecule has 2 rings (SSSR count). The average Bonchev–Trinajstić information content (AvgIpc) is 2.61. The van der Waals surface area contributed by atoms with Gasteiger partial charge in [-0.1, -0.05) is 12.1 Å². The summed E-state index contributed by atoms with van der Waals surface area (Å²) >= 11 is 5.46. The number of carbonyl (C=O) groups is 1. The molecule has 0 aromatic heterocycles. The van der Waals surface area contributed by atoms with Crippen LogP contribution in [0.3, 0.4) is 0 Å². The van der Waals surface area contributed by atoms with E-state index in [-0.39, 0.29) is 35.9 Å². The van der Waals surface area contributed by atoms with Crippen molar-refractivity contribution < 1.29 is 4.79 Å². The molecule has 1 saturated heterocycles. The molecule has 0 bridgehead atoms. The van der Waals surface area contributed by atoms with Gasteiger partial charge in [-0.25, -0.2) is 0 Å². The number of carbonyl (C=O) groups excluding carboxylic acids is 1. The predicted molar refractivity (Wildman–Crippen MR) is 125 cm³/mol. The van der Waals surface area contributed by atoms with Crippen LogP contribution in [0.2, 0.25) is 0 Å². The third-order valence-corrected chi connectivity index (χ3v) is 5.98. The van der Waals surface area contributed by atoms with E-state index in [1.807, 2.05) is 17.8 Å². The topological polar surface area (TPSA) is 65.5 Å². The Morgan fingerprint density at radius 1 is 1.38 bits per heavy atom. The zero-order chi connectivity index (χ0) is 17.9. The number of thioether (sulfide) groups is 1. The van der Waals surface area contributed by atoms with Gasteiger partial charge < -0.3 is 16.0 Å². The van der Waals surface area contributed by atoms with Gasteiger partial charge in [0.05, 0.1) is 0 Å². The summed E-state index contributed by atoms with van der Waals surface area (Å²) in [6.07, 6.45) is 3.64. The van der Waals surface area contributed by atoms with Gasteiger partial charge >= 0.3 is 0 Å². The van der Waals surface area contributed by atoms with E-state index >= 15 is 0 Å². The van der Waals surface area contributed by atoms with Gasteiger partial charge in [-0.2, -0.15) is 0 Å². The average molecular weight is 555 g/mol. The number of hydrogen-bond acceptors (Lipinski definition) is 3. The lowest BCUT2D eigenvalue weighted by Crippen LogP contribution is -2.51. The molecule has 8 heteroatoms. The van der Waals surface area contributed by atoms with E-state index in [2.05, 4.69) is 62.0 Å². The van der Waals surface area contributed by atoms with Gasteiger partial charge in [-0.15, -0.1) is 35.7 Å². The van der Waals surface area contributed by atoms with Crippen molar-refractivity contribution >= 4 is 63.5 Å². The number of piperidine rings is 1. The summed E-state index contributed by atoms with van der Waals surface area (Å²) in [7, 11) is 0. The normalized spacial score (nSPS) is 17.2. The van der Waals surface area contributed by atoms with E-state index in [1.165, 1.54) is 4.90 Å². The van der Waals surface area contributed by atoms with E-state index < -0.39 is 0 Å². The number of nitrogens with zero attached hydrogens (tertiary/aromatic N) is 1. The van der Waals surface area contributed by atoms with Crippen molar-refractivity contribution in [2.75, 3.05) is 25.4 Å². The summed E-state index contributed by atoms with van der Waals surface area (Å²) in [6, 6.07) is 8.59. The molecule has 26 heavy (non-hydrogen) atoms. The molecule has 0 radical (unpaired) electrons. The standard InChI is InChI=1S/C18H27BrN4OS.HI/c1-2-20-18(23-14-9-10-17(24)22-13-14)21-11-5-6-12-25-16-8-4-3-7-15(16)19;/h3-4,7-8,14H,2,5-6,9-13H2,1H3,(H,22,24)(H2,20,21,23);1H. The van der Waals surface area contributed by atoms with Crippen LogP contribution in [-0.2, 0) is 4.79 Å². The van der Waals surface area contributed by atoms with Gasteiger partial charge in [-0.05, 0) is 60.0 Å². The quantitative estimate of drug-likeness (QED) is 0.150. The van der Waals surface area contributed by atoms with Crippen LogP contribution in [0.25, 0.3) is 0 Å². The Bertz CT molecular complexity index is 578. The van der Waals surface area contributed by atoms with E-state index in [4.69, 9.17) is 0 Å². The molecule has 3 N–H and O–H groups in total. The Kier molecular flexibility index (Phi) is 12.4. The number of nitrogens with one attached hydrogen (secondary N) is 3. The number of amides is 1. The maximum atomic E-state index is 11.2. The summed E-state index contributed by atoms with van der Waals surface area (Å²) < 4.78 is 1.16. The number of benzene rings is 1. The third kappa shape index (κ3) is 8.94. The van der Waals surface area contributed by atoms with Crippen molar-refractivity contribution in [3.8, 4) is 0 Å². The van der Waals surface area contributed by atoms with Crippen molar-refractivity contribution in [2.24, 2.45) is 4.99 Å². The number of halogens is 2. The second-order valence-corrected chi connectivity index (χ2v) is 7.92. The van der Waals surface area contributed by atoms with Crippen molar-refractivity contribution in [3.05, 3.63) is 28.7 Å². The van der Waals surface area contributed by atoms with Crippen LogP contribution in [0.15, 0.2) is 38.6 Å². The van der Waals surface area contributed by atoms with Gasteiger partial charge in [0.1, 0.15) is 0 Å². The van der Waals surface area contributed by atoms with Crippen molar-refractivity contribution in [3.63, 3.8) is 0 Å². The molecule has 1 atom stereocenters. The van der Waals surface area contributed by atoms with Crippen LogP contribution < -0.4 is 16.0 Å². The molecular formula is C18H28BrIN4OS. The summed E-state index contributed by atoms with van der Waals surface area (Å²) in [6.45, 7) is 4.38. The molecular weight excluding hydrogens is 527 g/mol. The first kappa shape index (κ1) is 23.6. The number of rotatable bonds is 8. The molecule has 1 aliphatic heterocycles. The van der Waals surface area contributed by atoms with Gasteiger partial charge in [0.25, 0.3) is 0 Å². The monoisotopic (exact) mass is 554 g/mol. The maximum absolute atomic E-state index is 11.2. The number of unbranched alkanes of at least 4 members (excludes halogenated alkanes) is 1. The molecule has 0 spiro atoms. The van der Waals surface area contributed by atoms with Gasteiger partial charge in [0.2, 0.25) is 5.91 Å². The minimum absolute atomic E-state index is 0. The number of hydrogen-bond donors (Lipinski definition) is 3.